The van der Waals surface area contributed by atoms with Gasteiger partial charge in [0, 0.05) is 29.6 Å². The molecule has 6 heteroatoms. The standard InChI is InChI=1S/C21H25N3O2S/c1-13-20(16-9-11-24(13)12-10-16)23-21(26)19-8-7-18(27-19)15-3-5-17(6-4-15)22-14(2)25/h3-8,13,16,20H,9-12H2,1-2H3,(H,22,25)(H,23,26)/t13-,20+/m1/s1. The molecule has 2 atom stereocenters. The van der Waals surface area contributed by atoms with E-state index in [1.54, 1.807) is 0 Å². The van der Waals surface area contributed by atoms with Gasteiger partial charge in [0.25, 0.3) is 5.91 Å². The number of anilines is 1. The van der Waals surface area contributed by atoms with E-state index in [4.69, 9.17) is 0 Å². The second kappa shape index (κ2) is 7.44. The summed E-state index contributed by atoms with van der Waals surface area (Å²) in [6.45, 7) is 6.05. The van der Waals surface area contributed by atoms with Crippen molar-refractivity contribution in [2.45, 2.75) is 38.8 Å². The van der Waals surface area contributed by atoms with E-state index in [1.807, 2.05) is 36.4 Å². The number of rotatable bonds is 4. The average Bonchev–Trinajstić information content (AvgIpc) is 3.15. The van der Waals surface area contributed by atoms with E-state index in [2.05, 4.69) is 22.5 Å². The van der Waals surface area contributed by atoms with Gasteiger partial charge < -0.3 is 10.6 Å². The van der Waals surface area contributed by atoms with Gasteiger partial charge in [-0.3, -0.25) is 14.5 Å². The average molecular weight is 384 g/mol. The Labute approximate surface area is 163 Å². The summed E-state index contributed by atoms with van der Waals surface area (Å²) in [5, 5.41) is 6.06. The molecule has 2 bridgehead atoms. The van der Waals surface area contributed by atoms with Gasteiger partial charge in [-0.05, 0) is 68.6 Å². The van der Waals surface area contributed by atoms with Crippen molar-refractivity contribution in [3.05, 3.63) is 41.3 Å². The first-order valence-electron chi connectivity index (χ1n) is 9.54. The second-order valence-electron chi connectivity index (χ2n) is 7.54. The second-order valence-corrected chi connectivity index (χ2v) is 8.62. The first-order valence-corrected chi connectivity index (χ1v) is 10.4. The van der Waals surface area contributed by atoms with Crippen LogP contribution in [0.25, 0.3) is 10.4 Å². The predicted molar refractivity (Wildman–Crippen MR) is 109 cm³/mol. The maximum absolute atomic E-state index is 12.8. The number of carbonyl (C=O) groups excluding carboxylic acids is 2. The van der Waals surface area contributed by atoms with Gasteiger partial charge in [-0.25, -0.2) is 0 Å². The van der Waals surface area contributed by atoms with Crippen LogP contribution in [0.1, 0.15) is 36.4 Å². The van der Waals surface area contributed by atoms with Crippen molar-refractivity contribution < 1.29 is 9.59 Å². The van der Waals surface area contributed by atoms with Crippen LogP contribution in [0.4, 0.5) is 5.69 Å². The van der Waals surface area contributed by atoms with Gasteiger partial charge in [0.1, 0.15) is 0 Å². The van der Waals surface area contributed by atoms with Crippen molar-refractivity contribution in [2.75, 3.05) is 18.4 Å². The fourth-order valence-electron chi connectivity index (χ4n) is 4.30. The Hall–Kier alpha value is -2.18. The maximum atomic E-state index is 12.8. The van der Waals surface area contributed by atoms with Crippen LogP contribution in [-0.4, -0.2) is 41.9 Å². The van der Waals surface area contributed by atoms with Gasteiger partial charge in [-0.1, -0.05) is 12.1 Å². The van der Waals surface area contributed by atoms with Crippen LogP contribution in [0.5, 0.6) is 0 Å². The number of benzene rings is 1. The number of nitrogens with one attached hydrogen (secondary N) is 2. The fraction of sp³-hybridized carbons (Fsp3) is 0.429. The molecule has 2 amide bonds. The molecule has 5 rings (SSSR count). The number of fused-ring (bicyclic) bond motifs is 3. The summed E-state index contributed by atoms with van der Waals surface area (Å²) < 4.78 is 0. The van der Waals surface area contributed by atoms with E-state index in [0.29, 0.717) is 12.0 Å². The summed E-state index contributed by atoms with van der Waals surface area (Å²) in [6.07, 6.45) is 2.37. The molecule has 142 valence electrons. The molecule has 0 aliphatic carbocycles. The molecule has 3 aliphatic heterocycles. The van der Waals surface area contributed by atoms with Gasteiger partial charge >= 0.3 is 0 Å². The highest BCUT2D eigenvalue weighted by molar-refractivity contribution is 7.17. The smallest absolute Gasteiger partial charge is 0.261 e. The molecule has 3 saturated heterocycles. The van der Waals surface area contributed by atoms with E-state index in [9.17, 15) is 9.59 Å². The highest BCUT2D eigenvalue weighted by Crippen LogP contribution is 2.33. The summed E-state index contributed by atoms with van der Waals surface area (Å²) in [5.74, 6) is 0.557. The van der Waals surface area contributed by atoms with E-state index in [-0.39, 0.29) is 17.9 Å². The Morgan fingerprint density at radius 1 is 1.07 bits per heavy atom. The molecule has 1 aromatic carbocycles. The summed E-state index contributed by atoms with van der Waals surface area (Å²) in [6, 6.07) is 12.3. The van der Waals surface area contributed by atoms with Crippen LogP contribution >= 0.6 is 11.3 Å². The molecule has 3 aliphatic rings. The summed E-state index contributed by atoms with van der Waals surface area (Å²) in [5.41, 5.74) is 1.82. The van der Waals surface area contributed by atoms with Crippen molar-refractivity contribution >= 4 is 28.8 Å². The van der Waals surface area contributed by atoms with Crippen molar-refractivity contribution in [1.82, 2.24) is 10.2 Å². The topological polar surface area (TPSA) is 61.4 Å². The highest BCUT2D eigenvalue weighted by Gasteiger charge is 2.40. The Kier molecular flexibility index (Phi) is 5.02. The first kappa shape index (κ1) is 18.2. The molecule has 27 heavy (non-hydrogen) atoms. The van der Waals surface area contributed by atoms with Crippen LogP contribution < -0.4 is 10.6 Å². The molecule has 5 nitrogen and oxygen atoms in total. The minimum atomic E-state index is -0.0835. The maximum Gasteiger partial charge on any atom is 0.261 e. The first-order chi connectivity index (χ1) is 13.0. The molecule has 2 N–H and O–H groups in total. The lowest BCUT2D eigenvalue weighted by Crippen LogP contribution is -2.62. The normalized spacial score (nSPS) is 26.6. The zero-order valence-electron chi connectivity index (χ0n) is 15.7. The quantitative estimate of drug-likeness (QED) is 0.848. The number of hydrogen-bond acceptors (Lipinski definition) is 4. The third-order valence-electron chi connectivity index (χ3n) is 5.80. The van der Waals surface area contributed by atoms with E-state index in [1.165, 1.54) is 31.1 Å². The van der Waals surface area contributed by atoms with Gasteiger partial charge in [0.05, 0.1) is 4.88 Å². The Morgan fingerprint density at radius 2 is 1.78 bits per heavy atom. The predicted octanol–water partition coefficient (Wildman–Crippen LogP) is 3.59. The molecule has 1 aromatic heterocycles. The van der Waals surface area contributed by atoms with Crippen LogP contribution in [0.2, 0.25) is 0 Å². The van der Waals surface area contributed by atoms with Crippen molar-refractivity contribution in [2.24, 2.45) is 5.92 Å². The molecule has 3 fully saturated rings. The zero-order chi connectivity index (χ0) is 19.0. The molecule has 0 unspecified atom stereocenters. The van der Waals surface area contributed by atoms with Crippen LogP contribution in [0, 0.1) is 5.92 Å². The Bertz CT molecular complexity index is 835. The lowest BCUT2D eigenvalue weighted by molar-refractivity contribution is -0.114. The van der Waals surface area contributed by atoms with Gasteiger partial charge in [-0.15, -0.1) is 11.3 Å². The monoisotopic (exact) mass is 383 g/mol. The highest BCUT2D eigenvalue weighted by atomic mass is 32.1. The third kappa shape index (κ3) is 3.77. The number of amides is 2. The minimum absolute atomic E-state index is 0.0340. The van der Waals surface area contributed by atoms with E-state index < -0.39 is 0 Å². The Balaban J connectivity index is 1.44. The van der Waals surface area contributed by atoms with Gasteiger partial charge in [0.15, 0.2) is 0 Å². The third-order valence-corrected chi connectivity index (χ3v) is 6.93. The van der Waals surface area contributed by atoms with E-state index >= 15 is 0 Å². The molecular formula is C21H25N3O2S. The number of carbonyl (C=O) groups is 2. The van der Waals surface area contributed by atoms with E-state index in [0.717, 1.165) is 34.1 Å². The van der Waals surface area contributed by atoms with Crippen molar-refractivity contribution in [1.29, 1.82) is 0 Å². The van der Waals surface area contributed by atoms with Gasteiger partial charge in [-0.2, -0.15) is 0 Å². The lowest BCUT2D eigenvalue weighted by atomic mass is 9.79. The van der Waals surface area contributed by atoms with Crippen LogP contribution in [0.15, 0.2) is 36.4 Å². The largest absolute Gasteiger partial charge is 0.347 e. The number of hydrogen-bond donors (Lipinski definition) is 2. The molecule has 4 heterocycles. The van der Waals surface area contributed by atoms with Crippen molar-refractivity contribution in [3.63, 3.8) is 0 Å². The molecule has 0 spiro atoms. The van der Waals surface area contributed by atoms with Crippen molar-refractivity contribution in [3.8, 4) is 10.4 Å². The molecule has 0 radical (unpaired) electrons. The summed E-state index contributed by atoms with van der Waals surface area (Å²) >= 11 is 1.51. The molecular weight excluding hydrogens is 358 g/mol. The molecule has 0 saturated carbocycles. The fourth-order valence-corrected chi connectivity index (χ4v) is 5.22. The SMILES string of the molecule is CC(=O)Nc1ccc(-c2ccc(C(=O)N[C@@H]3C4CCN(CC4)[C@@H]3C)s2)cc1. The van der Waals surface area contributed by atoms with Crippen LogP contribution in [-0.2, 0) is 4.79 Å². The minimum Gasteiger partial charge on any atom is -0.347 e. The Morgan fingerprint density at radius 3 is 2.41 bits per heavy atom. The van der Waals surface area contributed by atoms with Gasteiger partial charge in [0.2, 0.25) is 5.91 Å². The number of thiophene rings is 1. The molecule has 2 aromatic rings. The zero-order valence-corrected chi connectivity index (χ0v) is 16.5. The summed E-state index contributed by atoms with van der Waals surface area (Å²) in [4.78, 5) is 28.2. The lowest BCUT2D eigenvalue weighted by Gasteiger charge is -2.49. The van der Waals surface area contributed by atoms with Crippen LogP contribution in [0.3, 0.4) is 0 Å². The number of piperidine rings is 3. The summed E-state index contributed by atoms with van der Waals surface area (Å²) in [7, 11) is 0. The number of nitrogens with zero attached hydrogens (tertiary/aromatic N) is 1.